The standard InChI is InChI=1S/C14H18N4/c1-2-5-13-12(4-1)11(10-18-13)6-9-17-14-15-7-3-8-16-14/h1-2,4-5,10,18H,3,6-9H2,(H2,15,16,17). The van der Waals surface area contributed by atoms with Crippen LogP contribution in [0.2, 0.25) is 0 Å². The molecule has 1 aromatic carbocycles. The summed E-state index contributed by atoms with van der Waals surface area (Å²) >= 11 is 0. The van der Waals surface area contributed by atoms with Crippen LogP contribution in [0.5, 0.6) is 0 Å². The Labute approximate surface area is 107 Å². The van der Waals surface area contributed by atoms with Crippen molar-refractivity contribution >= 4 is 16.9 Å². The predicted octanol–water partition coefficient (Wildman–Crippen LogP) is 1.65. The van der Waals surface area contributed by atoms with Crippen molar-refractivity contribution in [2.45, 2.75) is 12.8 Å². The average molecular weight is 242 g/mol. The summed E-state index contributed by atoms with van der Waals surface area (Å²) in [5, 5.41) is 7.93. The lowest BCUT2D eigenvalue weighted by Gasteiger charge is -2.15. The fraction of sp³-hybridized carbons (Fsp3) is 0.357. The van der Waals surface area contributed by atoms with E-state index in [0.29, 0.717) is 0 Å². The first kappa shape index (κ1) is 11.1. The molecule has 18 heavy (non-hydrogen) atoms. The van der Waals surface area contributed by atoms with Gasteiger partial charge in [-0.1, -0.05) is 18.2 Å². The Balaban J connectivity index is 1.61. The molecule has 1 aliphatic heterocycles. The molecule has 0 spiro atoms. The number of hydrogen-bond donors (Lipinski definition) is 3. The lowest BCUT2D eigenvalue weighted by Crippen LogP contribution is -2.41. The molecular formula is C14H18N4. The highest BCUT2D eigenvalue weighted by atomic mass is 15.2. The van der Waals surface area contributed by atoms with Gasteiger partial charge in [0, 0.05) is 36.7 Å². The van der Waals surface area contributed by atoms with Crippen LogP contribution in [0.4, 0.5) is 0 Å². The molecule has 0 aliphatic carbocycles. The van der Waals surface area contributed by atoms with Crippen molar-refractivity contribution in [3.8, 4) is 0 Å². The van der Waals surface area contributed by atoms with E-state index in [1.165, 1.54) is 16.5 Å². The van der Waals surface area contributed by atoms with Gasteiger partial charge in [-0.05, 0) is 24.5 Å². The first-order valence-electron chi connectivity index (χ1n) is 6.51. The van der Waals surface area contributed by atoms with Gasteiger partial charge in [0.15, 0.2) is 5.96 Å². The van der Waals surface area contributed by atoms with E-state index in [4.69, 9.17) is 0 Å². The molecule has 4 heteroatoms. The van der Waals surface area contributed by atoms with E-state index in [1.54, 1.807) is 0 Å². The molecule has 1 aliphatic rings. The van der Waals surface area contributed by atoms with Crippen LogP contribution in [-0.2, 0) is 6.42 Å². The SMILES string of the molecule is c1ccc2c(CCNC3=NCCCN3)c[nH]c2c1. The fourth-order valence-corrected chi connectivity index (χ4v) is 2.31. The van der Waals surface area contributed by atoms with Gasteiger partial charge < -0.3 is 15.6 Å². The largest absolute Gasteiger partial charge is 0.361 e. The highest BCUT2D eigenvalue weighted by Gasteiger charge is 2.05. The van der Waals surface area contributed by atoms with Crippen LogP contribution in [0.25, 0.3) is 10.9 Å². The van der Waals surface area contributed by atoms with E-state index < -0.39 is 0 Å². The molecule has 3 N–H and O–H groups in total. The Kier molecular flexibility index (Phi) is 3.17. The molecule has 4 nitrogen and oxygen atoms in total. The van der Waals surface area contributed by atoms with Crippen LogP contribution in [-0.4, -0.2) is 30.6 Å². The zero-order valence-corrected chi connectivity index (χ0v) is 10.4. The maximum atomic E-state index is 4.40. The molecule has 94 valence electrons. The van der Waals surface area contributed by atoms with Gasteiger partial charge >= 0.3 is 0 Å². The minimum atomic E-state index is 0.910. The number of rotatable bonds is 3. The van der Waals surface area contributed by atoms with Crippen LogP contribution in [0.1, 0.15) is 12.0 Å². The monoisotopic (exact) mass is 242 g/mol. The highest BCUT2D eigenvalue weighted by Crippen LogP contribution is 2.17. The summed E-state index contributed by atoms with van der Waals surface area (Å²) in [6.07, 6.45) is 4.24. The molecule has 0 unspecified atom stereocenters. The van der Waals surface area contributed by atoms with Crippen LogP contribution in [0.15, 0.2) is 35.5 Å². The van der Waals surface area contributed by atoms with E-state index in [2.05, 4.69) is 51.1 Å². The number of benzene rings is 1. The van der Waals surface area contributed by atoms with Crippen molar-refractivity contribution in [3.05, 3.63) is 36.0 Å². The number of para-hydroxylation sites is 1. The van der Waals surface area contributed by atoms with Crippen LogP contribution in [0, 0.1) is 0 Å². The lowest BCUT2D eigenvalue weighted by atomic mass is 10.1. The van der Waals surface area contributed by atoms with Gasteiger partial charge in [-0.15, -0.1) is 0 Å². The van der Waals surface area contributed by atoms with E-state index in [0.717, 1.165) is 38.4 Å². The Hall–Kier alpha value is -1.97. The van der Waals surface area contributed by atoms with E-state index in [9.17, 15) is 0 Å². The van der Waals surface area contributed by atoms with Crippen molar-refractivity contribution in [3.63, 3.8) is 0 Å². The minimum absolute atomic E-state index is 0.910. The number of aromatic amines is 1. The summed E-state index contributed by atoms with van der Waals surface area (Å²) < 4.78 is 0. The van der Waals surface area contributed by atoms with Gasteiger partial charge in [0.05, 0.1) is 0 Å². The minimum Gasteiger partial charge on any atom is -0.361 e. The number of H-pyrrole nitrogens is 1. The summed E-state index contributed by atoms with van der Waals surface area (Å²) in [7, 11) is 0. The van der Waals surface area contributed by atoms with E-state index >= 15 is 0 Å². The number of nitrogens with one attached hydrogen (secondary N) is 3. The number of hydrogen-bond acceptors (Lipinski definition) is 3. The summed E-state index contributed by atoms with van der Waals surface area (Å²) in [5.74, 6) is 0.945. The van der Waals surface area contributed by atoms with E-state index in [-0.39, 0.29) is 0 Å². The normalized spacial score (nSPS) is 15.2. The summed E-state index contributed by atoms with van der Waals surface area (Å²) in [6.45, 7) is 2.87. The van der Waals surface area contributed by atoms with Crippen molar-refractivity contribution in [2.24, 2.45) is 4.99 Å². The second-order valence-corrected chi connectivity index (χ2v) is 4.55. The first-order chi connectivity index (χ1) is 8.93. The third-order valence-corrected chi connectivity index (χ3v) is 3.26. The molecule has 0 atom stereocenters. The van der Waals surface area contributed by atoms with Crippen LogP contribution in [0.3, 0.4) is 0 Å². The number of guanidine groups is 1. The van der Waals surface area contributed by atoms with Crippen molar-refractivity contribution in [1.82, 2.24) is 15.6 Å². The summed E-state index contributed by atoms with van der Waals surface area (Å²) in [4.78, 5) is 7.70. The number of nitrogens with zero attached hydrogens (tertiary/aromatic N) is 1. The molecule has 0 radical (unpaired) electrons. The van der Waals surface area contributed by atoms with Gasteiger partial charge in [-0.3, -0.25) is 4.99 Å². The van der Waals surface area contributed by atoms with Crippen molar-refractivity contribution in [2.75, 3.05) is 19.6 Å². The maximum absolute atomic E-state index is 4.40. The molecule has 0 saturated heterocycles. The second-order valence-electron chi connectivity index (χ2n) is 4.55. The molecule has 2 heterocycles. The fourth-order valence-electron chi connectivity index (χ4n) is 2.31. The molecular weight excluding hydrogens is 224 g/mol. The molecule has 3 rings (SSSR count). The Morgan fingerprint density at radius 2 is 2.22 bits per heavy atom. The highest BCUT2D eigenvalue weighted by molar-refractivity contribution is 5.83. The molecule has 1 aromatic heterocycles. The van der Waals surface area contributed by atoms with Gasteiger partial charge in [0.1, 0.15) is 0 Å². The predicted molar refractivity (Wildman–Crippen MR) is 74.9 cm³/mol. The Bertz CT molecular complexity index is 556. The molecule has 0 amide bonds. The van der Waals surface area contributed by atoms with Gasteiger partial charge in [-0.2, -0.15) is 0 Å². The van der Waals surface area contributed by atoms with Gasteiger partial charge in [0.25, 0.3) is 0 Å². The Morgan fingerprint density at radius 1 is 1.28 bits per heavy atom. The van der Waals surface area contributed by atoms with E-state index in [1.807, 2.05) is 0 Å². The third kappa shape index (κ3) is 2.32. The number of fused-ring (bicyclic) bond motifs is 1. The smallest absolute Gasteiger partial charge is 0.191 e. The Morgan fingerprint density at radius 3 is 3.11 bits per heavy atom. The number of aromatic nitrogens is 1. The van der Waals surface area contributed by atoms with Gasteiger partial charge in [-0.25, -0.2) is 0 Å². The third-order valence-electron chi connectivity index (χ3n) is 3.26. The second kappa shape index (κ2) is 5.12. The average Bonchev–Trinajstić information content (AvgIpc) is 2.84. The molecule has 0 bridgehead atoms. The van der Waals surface area contributed by atoms with Crippen molar-refractivity contribution < 1.29 is 0 Å². The molecule has 0 saturated carbocycles. The molecule has 0 fully saturated rings. The quantitative estimate of drug-likeness (QED) is 0.766. The first-order valence-corrected chi connectivity index (χ1v) is 6.51. The van der Waals surface area contributed by atoms with Crippen LogP contribution >= 0.6 is 0 Å². The van der Waals surface area contributed by atoms with Gasteiger partial charge in [0.2, 0.25) is 0 Å². The zero-order chi connectivity index (χ0) is 12.2. The van der Waals surface area contributed by atoms with Crippen molar-refractivity contribution in [1.29, 1.82) is 0 Å². The lowest BCUT2D eigenvalue weighted by molar-refractivity contribution is 0.700. The maximum Gasteiger partial charge on any atom is 0.191 e. The number of aliphatic imine (C=N–C) groups is 1. The topological polar surface area (TPSA) is 52.2 Å². The summed E-state index contributed by atoms with van der Waals surface area (Å²) in [6, 6.07) is 8.41. The van der Waals surface area contributed by atoms with Crippen LogP contribution < -0.4 is 10.6 Å². The molecule has 2 aromatic rings. The zero-order valence-electron chi connectivity index (χ0n) is 10.4. The summed E-state index contributed by atoms with van der Waals surface area (Å²) in [5.41, 5.74) is 2.56.